The minimum absolute atomic E-state index is 0.0212. The Balaban J connectivity index is 1.73. The van der Waals surface area contributed by atoms with Gasteiger partial charge in [0.25, 0.3) is 5.56 Å². The van der Waals surface area contributed by atoms with Crippen molar-refractivity contribution in [2.45, 2.75) is 52.1 Å². The Labute approximate surface area is 213 Å². The largest absolute Gasteiger partial charge is 0.419 e. The fourth-order valence-electron chi connectivity index (χ4n) is 4.34. The lowest BCUT2D eigenvalue weighted by atomic mass is 9.89. The van der Waals surface area contributed by atoms with Crippen LogP contribution in [0.25, 0.3) is 0 Å². The van der Waals surface area contributed by atoms with Crippen molar-refractivity contribution in [1.82, 2.24) is 9.88 Å². The molecule has 0 radical (unpaired) electrons. The van der Waals surface area contributed by atoms with E-state index < -0.39 is 17.5 Å². The summed E-state index contributed by atoms with van der Waals surface area (Å²) in [6, 6.07) is 5.32. The van der Waals surface area contributed by atoms with Gasteiger partial charge in [-0.1, -0.05) is 40.9 Å². The van der Waals surface area contributed by atoms with Crippen LogP contribution in [-0.4, -0.2) is 23.1 Å². The molecule has 2 aromatic rings. The van der Waals surface area contributed by atoms with Gasteiger partial charge in [0, 0.05) is 36.0 Å². The highest BCUT2D eigenvalue weighted by atomic mass is 35.5. The zero-order valence-electron chi connectivity index (χ0n) is 19.5. The number of carbonyl (C=O) groups excluding carboxylic acids is 2. The van der Waals surface area contributed by atoms with E-state index >= 15 is 0 Å². The summed E-state index contributed by atoms with van der Waals surface area (Å²) in [5.74, 6) is -1.76. The van der Waals surface area contributed by atoms with E-state index in [-0.39, 0.29) is 17.5 Å². The predicted octanol–water partition coefficient (Wildman–Crippen LogP) is 4.71. The van der Waals surface area contributed by atoms with Crippen LogP contribution in [0, 0.1) is 0 Å². The molecule has 0 bridgehead atoms. The van der Waals surface area contributed by atoms with Crippen LogP contribution in [0.15, 0.2) is 46.8 Å². The maximum absolute atomic E-state index is 13.4. The molecule has 9 heteroatoms. The average Bonchev–Trinajstić information content (AvgIpc) is 2.81. The van der Waals surface area contributed by atoms with Gasteiger partial charge in [0.05, 0.1) is 10.0 Å². The quantitative estimate of drug-likeness (QED) is 0.441. The van der Waals surface area contributed by atoms with Crippen molar-refractivity contribution in [3.8, 4) is 11.5 Å². The molecule has 0 saturated carbocycles. The van der Waals surface area contributed by atoms with Crippen LogP contribution in [0.1, 0.15) is 49.6 Å². The first-order chi connectivity index (χ1) is 16.7. The van der Waals surface area contributed by atoms with Gasteiger partial charge in [-0.3, -0.25) is 4.79 Å². The molecule has 0 saturated heterocycles. The van der Waals surface area contributed by atoms with Crippen LogP contribution in [0.3, 0.4) is 0 Å². The molecular formula is C26H26Cl2N2O5. The van der Waals surface area contributed by atoms with E-state index in [4.69, 9.17) is 32.7 Å². The lowest BCUT2D eigenvalue weighted by Crippen LogP contribution is -2.35. The minimum atomic E-state index is -0.798. The lowest BCUT2D eigenvalue weighted by molar-refractivity contribution is -0.133. The Kier molecular flexibility index (Phi) is 7.79. The zero-order valence-corrected chi connectivity index (χ0v) is 21.0. The van der Waals surface area contributed by atoms with Gasteiger partial charge >= 0.3 is 11.9 Å². The standard InChI is InChI=1S/C26H26Cl2N2O5/c1-15(2)11-13-30-20-5-3-4-19(29-12-10-16-6-7-17(27)18(28)14-16)23(20)24-25(26(30)33)35-22(32)9-8-21(31)34-24/h6-9,11,14,19,29H,3-5,10,12-13H2,1-2H3/b9-8-. The second-order valence-corrected chi connectivity index (χ2v) is 9.60. The maximum Gasteiger partial charge on any atom is 0.336 e. The molecule has 1 aromatic heterocycles. The summed E-state index contributed by atoms with van der Waals surface area (Å²) >= 11 is 12.2. The smallest absolute Gasteiger partial charge is 0.336 e. The van der Waals surface area contributed by atoms with Crippen LogP contribution in [0.4, 0.5) is 0 Å². The van der Waals surface area contributed by atoms with Gasteiger partial charge in [0.15, 0.2) is 5.75 Å². The number of halogens is 2. The molecule has 1 aromatic carbocycles. The summed E-state index contributed by atoms with van der Waals surface area (Å²) in [5, 5.41) is 4.53. The number of allylic oxidation sites excluding steroid dienone is 2. The molecule has 4 rings (SSSR count). The number of aromatic nitrogens is 1. The fraction of sp³-hybridized carbons (Fsp3) is 0.346. The maximum atomic E-state index is 13.4. The lowest BCUT2D eigenvalue weighted by Gasteiger charge is -2.31. The normalized spacial score (nSPS) is 17.9. The summed E-state index contributed by atoms with van der Waals surface area (Å²) in [7, 11) is 0. The number of carbonyl (C=O) groups is 2. The van der Waals surface area contributed by atoms with Crippen molar-refractivity contribution < 1.29 is 19.1 Å². The van der Waals surface area contributed by atoms with Gasteiger partial charge in [-0.05, 0) is 63.8 Å². The van der Waals surface area contributed by atoms with Crippen LogP contribution in [-0.2, 0) is 29.0 Å². The minimum Gasteiger partial charge on any atom is -0.419 e. The first-order valence-electron chi connectivity index (χ1n) is 11.5. The summed E-state index contributed by atoms with van der Waals surface area (Å²) in [6.45, 7) is 4.84. The van der Waals surface area contributed by atoms with E-state index in [1.807, 2.05) is 32.1 Å². The number of hydrogen-bond donors (Lipinski definition) is 1. The molecule has 0 fully saturated rings. The van der Waals surface area contributed by atoms with Gasteiger partial charge in [-0.15, -0.1) is 0 Å². The monoisotopic (exact) mass is 516 g/mol. The molecule has 7 nitrogen and oxygen atoms in total. The second kappa shape index (κ2) is 10.8. The summed E-state index contributed by atoms with van der Waals surface area (Å²) < 4.78 is 12.5. The highest BCUT2D eigenvalue weighted by Crippen LogP contribution is 2.41. The molecule has 1 aliphatic carbocycles. The molecular weight excluding hydrogens is 491 g/mol. The first-order valence-corrected chi connectivity index (χ1v) is 12.2. The number of benzene rings is 1. The first kappa shape index (κ1) is 25.2. The number of hydrogen-bond acceptors (Lipinski definition) is 6. The SMILES string of the molecule is CC(C)=CCn1c2c(c3c(c1=O)OC(=O)/C=C\C(=O)O3)C(NCCc1ccc(Cl)c(Cl)c1)CCC2. The Bertz CT molecular complexity index is 1290. The van der Waals surface area contributed by atoms with E-state index in [9.17, 15) is 14.4 Å². The number of ether oxygens (including phenoxy) is 2. The molecule has 2 aliphatic rings. The number of pyridine rings is 1. The third kappa shape index (κ3) is 5.69. The Hall–Kier alpha value is -2.87. The van der Waals surface area contributed by atoms with Crippen LogP contribution in [0.5, 0.6) is 11.5 Å². The van der Waals surface area contributed by atoms with Crippen molar-refractivity contribution in [1.29, 1.82) is 0 Å². The number of rotatable bonds is 6. The van der Waals surface area contributed by atoms with Crippen LogP contribution >= 0.6 is 23.2 Å². The Morgan fingerprint density at radius 1 is 1.09 bits per heavy atom. The van der Waals surface area contributed by atoms with Gasteiger partial charge in [0.2, 0.25) is 5.75 Å². The highest BCUT2D eigenvalue weighted by molar-refractivity contribution is 6.42. The predicted molar refractivity (Wildman–Crippen MR) is 134 cm³/mol. The molecule has 0 spiro atoms. The van der Waals surface area contributed by atoms with Crippen molar-refractivity contribution in [3.05, 3.63) is 79.2 Å². The Morgan fingerprint density at radius 3 is 2.49 bits per heavy atom. The van der Waals surface area contributed by atoms with E-state index in [2.05, 4.69) is 5.32 Å². The Morgan fingerprint density at radius 2 is 1.80 bits per heavy atom. The van der Waals surface area contributed by atoms with Gasteiger partial charge in [0.1, 0.15) is 0 Å². The molecule has 184 valence electrons. The average molecular weight is 517 g/mol. The van der Waals surface area contributed by atoms with E-state index in [0.29, 0.717) is 41.5 Å². The third-order valence-electron chi connectivity index (χ3n) is 6.01. The molecule has 1 aliphatic heterocycles. The fourth-order valence-corrected chi connectivity index (χ4v) is 4.66. The molecule has 1 N–H and O–H groups in total. The molecule has 1 atom stereocenters. The molecule has 1 unspecified atom stereocenters. The second-order valence-electron chi connectivity index (χ2n) is 8.79. The van der Waals surface area contributed by atoms with Crippen molar-refractivity contribution in [2.75, 3.05) is 6.54 Å². The molecule has 2 heterocycles. The topological polar surface area (TPSA) is 86.6 Å². The van der Waals surface area contributed by atoms with Crippen molar-refractivity contribution in [2.24, 2.45) is 0 Å². The number of esters is 2. The van der Waals surface area contributed by atoms with Crippen molar-refractivity contribution >= 4 is 35.1 Å². The molecule has 0 amide bonds. The van der Waals surface area contributed by atoms with E-state index in [0.717, 1.165) is 41.8 Å². The number of fused-ring (bicyclic) bond motifs is 3. The van der Waals surface area contributed by atoms with Crippen molar-refractivity contribution in [3.63, 3.8) is 0 Å². The summed E-state index contributed by atoms with van der Waals surface area (Å²) in [5.41, 5.74) is 3.04. The summed E-state index contributed by atoms with van der Waals surface area (Å²) in [4.78, 5) is 37.9. The van der Waals surface area contributed by atoms with E-state index in [1.165, 1.54) is 0 Å². The van der Waals surface area contributed by atoms with E-state index in [1.54, 1.807) is 10.6 Å². The van der Waals surface area contributed by atoms with Crippen LogP contribution in [0.2, 0.25) is 10.0 Å². The van der Waals surface area contributed by atoms with Gasteiger partial charge in [-0.25, -0.2) is 9.59 Å². The van der Waals surface area contributed by atoms with Gasteiger partial charge < -0.3 is 19.4 Å². The number of nitrogens with zero attached hydrogens (tertiary/aromatic N) is 1. The highest BCUT2D eigenvalue weighted by Gasteiger charge is 2.33. The molecule has 35 heavy (non-hydrogen) atoms. The van der Waals surface area contributed by atoms with Crippen LogP contribution < -0.4 is 20.3 Å². The third-order valence-corrected chi connectivity index (χ3v) is 6.75. The zero-order chi connectivity index (χ0) is 25.1. The van der Waals surface area contributed by atoms with Gasteiger partial charge in [-0.2, -0.15) is 0 Å². The summed E-state index contributed by atoms with van der Waals surface area (Å²) in [6.07, 6.45) is 6.84. The number of nitrogens with one attached hydrogen (secondary N) is 1.